The summed E-state index contributed by atoms with van der Waals surface area (Å²) in [5, 5.41) is 5.88. The third-order valence-electron chi connectivity index (χ3n) is 3.87. The van der Waals surface area contributed by atoms with Gasteiger partial charge in [-0.05, 0) is 42.5 Å². The third kappa shape index (κ3) is 2.64. The molecular weight excluding hydrogens is 313 g/mol. The second-order valence-corrected chi connectivity index (χ2v) is 5.83. The van der Waals surface area contributed by atoms with E-state index in [0.717, 1.165) is 27.6 Å². The van der Waals surface area contributed by atoms with Crippen molar-refractivity contribution in [3.05, 3.63) is 77.1 Å². The topological polar surface area (TPSA) is 25.2 Å². The van der Waals surface area contributed by atoms with Crippen LogP contribution in [0.4, 0.5) is 10.1 Å². The van der Waals surface area contributed by atoms with Gasteiger partial charge in [0.05, 0.1) is 0 Å². The predicted molar refractivity (Wildman–Crippen MR) is 92.5 cm³/mol. The van der Waals surface area contributed by atoms with E-state index in [9.17, 15) is 4.39 Å². The van der Waals surface area contributed by atoms with Gasteiger partial charge in [-0.3, -0.25) is 0 Å². The highest BCUT2D eigenvalue weighted by molar-refractivity contribution is 6.31. The summed E-state index contributed by atoms with van der Waals surface area (Å²) in [4.78, 5) is 0. The second kappa shape index (κ2) is 5.60. The van der Waals surface area contributed by atoms with Crippen molar-refractivity contribution in [2.75, 3.05) is 5.32 Å². The molecule has 4 aromatic rings. The third-order valence-corrected chi connectivity index (χ3v) is 4.11. The number of nitrogens with one attached hydrogen (secondary N) is 1. The molecule has 0 aliphatic rings. The normalized spacial score (nSPS) is 11.2. The van der Waals surface area contributed by atoms with E-state index in [-0.39, 0.29) is 5.82 Å². The lowest BCUT2D eigenvalue weighted by atomic mass is 10.1. The zero-order valence-electron chi connectivity index (χ0n) is 12.1. The Bertz CT molecular complexity index is 1010. The van der Waals surface area contributed by atoms with Crippen LogP contribution in [0.5, 0.6) is 0 Å². The van der Waals surface area contributed by atoms with Crippen molar-refractivity contribution in [3.8, 4) is 0 Å². The Morgan fingerprint density at radius 2 is 1.65 bits per heavy atom. The molecule has 0 unspecified atom stereocenters. The van der Waals surface area contributed by atoms with Crippen molar-refractivity contribution >= 4 is 39.2 Å². The summed E-state index contributed by atoms with van der Waals surface area (Å²) >= 11 is 6.08. The van der Waals surface area contributed by atoms with E-state index in [1.165, 1.54) is 6.07 Å². The summed E-state index contributed by atoms with van der Waals surface area (Å²) in [5.74, 6) is -0.207. The van der Waals surface area contributed by atoms with Crippen LogP contribution in [0.1, 0.15) is 5.56 Å². The lowest BCUT2D eigenvalue weighted by Gasteiger charge is -2.07. The number of hydrogen-bond donors (Lipinski definition) is 1. The van der Waals surface area contributed by atoms with Crippen molar-refractivity contribution in [1.29, 1.82) is 0 Å². The summed E-state index contributed by atoms with van der Waals surface area (Å²) in [6.45, 7) is 0.425. The van der Waals surface area contributed by atoms with Crippen LogP contribution in [0.15, 0.2) is 65.1 Å². The minimum atomic E-state index is -0.207. The van der Waals surface area contributed by atoms with Gasteiger partial charge >= 0.3 is 0 Å². The maximum Gasteiger partial charge on any atom is 0.135 e. The molecule has 0 fully saturated rings. The van der Waals surface area contributed by atoms with Gasteiger partial charge in [0.15, 0.2) is 0 Å². The van der Waals surface area contributed by atoms with E-state index in [0.29, 0.717) is 17.1 Å². The Labute approximate surface area is 137 Å². The smallest absolute Gasteiger partial charge is 0.135 e. The molecule has 0 aliphatic carbocycles. The molecule has 3 aromatic carbocycles. The van der Waals surface area contributed by atoms with Gasteiger partial charge in [-0.2, -0.15) is 0 Å². The van der Waals surface area contributed by atoms with Crippen molar-refractivity contribution in [1.82, 2.24) is 0 Å². The first-order chi connectivity index (χ1) is 11.2. The molecule has 0 aliphatic heterocycles. The Kier molecular flexibility index (Phi) is 3.43. The van der Waals surface area contributed by atoms with Gasteiger partial charge in [-0.1, -0.05) is 29.8 Å². The number of halogens is 2. The zero-order chi connectivity index (χ0) is 15.8. The summed E-state index contributed by atoms with van der Waals surface area (Å²) < 4.78 is 19.5. The Balaban J connectivity index is 1.69. The van der Waals surface area contributed by atoms with Gasteiger partial charge in [-0.15, -0.1) is 0 Å². The minimum absolute atomic E-state index is 0.207. The first kappa shape index (κ1) is 14.1. The van der Waals surface area contributed by atoms with E-state index in [1.54, 1.807) is 12.1 Å². The molecule has 1 heterocycles. The van der Waals surface area contributed by atoms with E-state index < -0.39 is 0 Å². The van der Waals surface area contributed by atoms with Crippen molar-refractivity contribution in [2.45, 2.75) is 6.54 Å². The van der Waals surface area contributed by atoms with Crippen LogP contribution >= 0.6 is 11.6 Å². The largest absolute Gasteiger partial charge is 0.456 e. The van der Waals surface area contributed by atoms with Gasteiger partial charge in [0.25, 0.3) is 0 Å². The molecule has 1 aromatic heterocycles. The van der Waals surface area contributed by atoms with Gasteiger partial charge < -0.3 is 9.73 Å². The molecule has 0 bridgehead atoms. The van der Waals surface area contributed by atoms with Crippen LogP contribution in [0.3, 0.4) is 0 Å². The maximum atomic E-state index is 13.7. The fraction of sp³-hybridized carbons (Fsp3) is 0.0526. The highest BCUT2D eigenvalue weighted by Gasteiger charge is 2.08. The molecule has 0 saturated heterocycles. The second-order valence-electron chi connectivity index (χ2n) is 5.40. The number of benzene rings is 3. The van der Waals surface area contributed by atoms with Crippen LogP contribution in [-0.4, -0.2) is 0 Å². The lowest BCUT2D eigenvalue weighted by molar-refractivity contribution is 0.613. The van der Waals surface area contributed by atoms with Crippen molar-refractivity contribution in [2.24, 2.45) is 0 Å². The van der Waals surface area contributed by atoms with Crippen LogP contribution in [-0.2, 0) is 6.54 Å². The van der Waals surface area contributed by atoms with Crippen LogP contribution < -0.4 is 5.32 Å². The fourth-order valence-electron chi connectivity index (χ4n) is 2.70. The highest BCUT2D eigenvalue weighted by Crippen LogP contribution is 2.32. The van der Waals surface area contributed by atoms with Crippen molar-refractivity contribution in [3.63, 3.8) is 0 Å². The average Bonchev–Trinajstić information content (AvgIpc) is 2.91. The quantitative estimate of drug-likeness (QED) is 0.500. The van der Waals surface area contributed by atoms with Gasteiger partial charge in [0, 0.05) is 33.6 Å². The predicted octanol–water partition coefficient (Wildman–Crippen LogP) is 5.99. The fourth-order valence-corrected chi connectivity index (χ4v) is 2.87. The molecule has 0 amide bonds. The van der Waals surface area contributed by atoms with Gasteiger partial charge in [0.1, 0.15) is 17.0 Å². The first-order valence-corrected chi connectivity index (χ1v) is 7.67. The van der Waals surface area contributed by atoms with Crippen LogP contribution in [0.25, 0.3) is 21.9 Å². The average molecular weight is 326 g/mol. The van der Waals surface area contributed by atoms with Gasteiger partial charge in [0.2, 0.25) is 0 Å². The monoisotopic (exact) mass is 325 g/mol. The molecule has 4 heteroatoms. The Morgan fingerprint density at radius 1 is 0.913 bits per heavy atom. The molecule has 0 atom stereocenters. The number of hydrogen-bond acceptors (Lipinski definition) is 2. The van der Waals surface area contributed by atoms with E-state index in [1.807, 2.05) is 42.5 Å². The van der Waals surface area contributed by atoms with Crippen LogP contribution in [0, 0.1) is 5.82 Å². The SMILES string of the molecule is Fc1ccccc1CNc1ccc2oc3ccc(Cl)cc3c2c1. The molecule has 2 nitrogen and oxygen atoms in total. The summed E-state index contributed by atoms with van der Waals surface area (Å²) in [5.41, 5.74) is 3.14. The summed E-state index contributed by atoms with van der Waals surface area (Å²) in [6.07, 6.45) is 0. The summed E-state index contributed by atoms with van der Waals surface area (Å²) in [6, 6.07) is 18.1. The number of furan rings is 1. The molecule has 0 radical (unpaired) electrons. The lowest BCUT2D eigenvalue weighted by Crippen LogP contribution is -2.01. The Hall–Kier alpha value is -2.52. The zero-order valence-corrected chi connectivity index (χ0v) is 12.9. The highest BCUT2D eigenvalue weighted by atomic mass is 35.5. The number of fused-ring (bicyclic) bond motifs is 3. The molecule has 1 N–H and O–H groups in total. The molecule has 114 valence electrons. The molecule has 0 spiro atoms. The number of rotatable bonds is 3. The molecule has 4 rings (SSSR count). The van der Waals surface area contributed by atoms with E-state index >= 15 is 0 Å². The summed E-state index contributed by atoms with van der Waals surface area (Å²) in [7, 11) is 0. The Morgan fingerprint density at radius 3 is 2.48 bits per heavy atom. The number of anilines is 1. The standard InChI is InChI=1S/C19H13ClFNO/c20-13-5-7-18-15(9-13)16-10-14(6-8-19(16)23-18)22-11-12-3-1-2-4-17(12)21/h1-10,22H,11H2. The molecule has 0 saturated carbocycles. The van der Waals surface area contributed by atoms with E-state index in [4.69, 9.17) is 16.0 Å². The van der Waals surface area contributed by atoms with E-state index in [2.05, 4.69) is 5.32 Å². The molecule has 23 heavy (non-hydrogen) atoms. The van der Waals surface area contributed by atoms with Crippen molar-refractivity contribution < 1.29 is 8.81 Å². The maximum absolute atomic E-state index is 13.7. The minimum Gasteiger partial charge on any atom is -0.456 e. The van der Waals surface area contributed by atoms with Gasteiger partial charge in [-0.25, -0.2) is 4.39 Å². The first-order valence-electron chi connectivity index (χ1n) is 7.30. The molecular formula is C19H13ClFNO. The van der Waals surface area contributed by atoms with Crippen LogP contribution in [0.2, 0.25) is 5.02 Å².